The van der Waals surface area contributed by atoms with E-state index in [9.17, 15) is 5.21 Å². The van der Waals surface area contributed by atoms with Crippen LogP contribution in [0.15, 0.2) is 36.0 Å². The maximum Gasteiger partial charge on any atom is 0.0503 e. The summed E-state index contributed by atoms with van der Waals surface area (Å²) < 4.78 is 0. The molecule has 2 heteroatoms. The number of hydrogen-bond acceptors (Lipinski definition) is 2. The number of rotatable bonds is 4. The van der Waals surface area contributed by atoms with E-state index in [1.807, 2.05) is 57.2 Å². The van der Waals surface area contributed by atoms with E-state index in [0.717, 1.165) is 17.7 Å². The minimum Gasteiger partial charge on any atom is -0.288 e. The zero-order chi connectivity index (χ0) is 11.3. The number of nitrogens with zero attached hydrogens (tertiary/aromatic N) is 1. The maximum atomic E-state index is 9.81. The van der Waals surface area contributed by atoms with Crippen LogP contribution < -0.4 is 0 Å². The smallest absolute Gasteiger partial charge is 0.0503 e. The Kier molecular flexibility index (Phi) is 4.37. The zero-order valence-corrected chi connectivity index (χ0v) is 9.64. The van der Waals surface area contributed by atoms with Crippen molar-refractivity contribution in [2.45, 2.75) is 33.2 Å². The summed E-state index contributed by atoms with van der Waals surface area (Å²) in [7, 11) is 0. The summed E-state index contributed by atoms with van der Waals surface area (Å²) in [6.45, 7) is 5.98. The Morgan fingerprint density at radius 3 is 2.40 bits per heavy atom. The number of allylic oxidation sites excluding steroid dienone is 1. The summed E-state index contributed by atoms with van der Waals surface area (Å²) >= 11 is 0. The fourth-order valence-electron chi connectivity index (χ4n) is 1.40. The highest BCUT2D eigenvalue weighted by Crippen LogP contribution is 2.14. The number of hydroxylamine groups is 2. The van der Waals surface area contributed by atoms with E-state index in [0.29, 0.717) is 0 Å². The Bertz CT molecular complexity index is 317. The van der Waals surface area contributed by atoms with Gasteiger partial charge in [0.2, 0.25) is 0 Å². The van der Waals surface area contributed by atoms with Crippen molar-refractivity contribution in [3.05, 3.63) is 41.6 Å². The minimum absolute atomic E-state index is 0.111. The van der Waals surface area contributed by atoms with E-state index in [-0.39, 0.29) is 6.04 Å². The normalized spacial score (nSPS) is 11.9. The second-order valence-electron chi connectivity index (χ2n) is 3.84. The van der Waals surface area contributed by atoms with Crippen LogP contribution in [0, 0.1) is 0 Å². The zero-order valence-electron chi connectivity index (χ0n) is 9.64. The molecule has 1 rings (SSSR count). The third kappa shape index (κ3) is 3.40. The van der Waals surface area contributed by atoms with Gasteiger partial charge in [-0.2, -0.15) is 0 Å². The summed E-state index contributed by atoms with van der Waals surface area (Å²) in [5.74, 6) is 0. The molecular formula is C13H19NO. The Morgan fingerprint density at radius 1 is 1.33 bits per heavy atom. The molecule has 82 valence electrons. The number of hydrogen-bond donors (Lipinski definition) is 1. The standard InChI is InChI=1S/C13H19NO/c1-4-13(14(15)11(2)3)10-12-8-6-5-7-9-12/h5-11,15H,4H2,1-3H3. The monoisotopic (exact) mass is 205 g/mol. The molecule has 0 saturated heterocycles. The fourth-order valence-corrected chi connectivity index (χ4v) is 1.40. The van der Waals surface area contributed by atoms with Crippen LogP contribution in [0.4, 0.5) is 0 Å². The first-order valence-corrected chi connectivity index (χ1v) is 5.39. The van der Waals surface area contributed by atoms with Crippen molar-refractivity contribution in [2.24, 2.45) is 0 Å². The molecule has 0 spiro atoms. The van der Waals surface area contributed by atoms with Crippen LogP contribution in [-0.2, 0) is 0 Å². The molecule has 0 amide bonds. The maximum absolute atomic E-state index is 9.81. The number of benzene rings is 1. The summed E-state index contributed by atoms with van der Waals surface area (Å²) in [5.41, 5.74) is 2.06. The fraction of sp³-hybridized carbons (Fsp3) is 0.385. The van der Waals surface area contributed by atoms with Crippen LogP contribution in [0.25, 0.3) is 6.08 Å². The average Bonchev–Trinajstić information content (AvgIpc) is 2.26. The summed E-state index contributed by atoms with van der Waals surface area (Å²) in [5, 5.41) is 11.1. The van der Waals surface area contributed by atoms with Crippen LogP contribution >= 0.6 is 0 Å². The molecule has 1 aromatic rings. The van der Waals surface area contributed by atoms with Gasteiger partial charge in [-0.05, 0) is 31.9 Å². The van der Waals surface area contributed by atoms with Crippen molar-refractivity contribution in [2.75, 3.05) is 0 Å². The quantitative estimate of drug-likeness (QED) is 0.760. The molecule has 2 nitrogen and oxygen atoms in total. The molecule has 0 aliphatic carbocycles. The van der Waals surface area contributed by atoms with Crippen molar-refractivity contribution in [3.63, 3.8) is 0 Å². The van der Waals surface area contributed by atoms with E-state index < -0.39 is 0 Å². The lowest BCUT2D eigenvalue weighted by atomic mass is 10.1. The molecule has 15 heavy (non-hydrogen) atoms. The first kappa shape index (κ1) is 11.8. The van der Waals surface area contributed by atoms with E-state index >= 15 is 0 Å². The molecule has 0 fully saturated rings. The second kappa shape index (κ2) is 5.56. The van der Waals surface area contributed by atoms with E-state index in [2.05, 4.69) is 0 Å². The molecule has 0 aromatic heterocycles. The van der Waals surface area contributed by atoms with Crippen LogP contribution in [0.2, 0.25) is 0 Å². The van der Waals surface area contributed by atoms with Crippen LogP contribution in [0.3, 0.4) is 0 Å². The first-order valence-electron chi connectivity index (χ1n) is 5.39. The van der Waals surface area contributed by atoms with Gasteiger partial charge in [0.1, 0.15) is 0 Å². The van der Waals surface area contributed by atoms with Gasteiger partial charge < -0.3 is 0 Å². The largest absolute Gasteiger partial charge is 0.288 e. The van der Waals surface area contributed by atoms with Gasteiger partial charge in [0.05, 0.1) is 6.04 Å². The molecule has 0 unspecified atom stereocenters. The molecule has 0 atom stereocenters. The molecule has 0 radical (unpaired) electrons. The van der Waals surface area contributed by atoms with Gasteiger partial charge >= 0.3 is 0 Å². The third-order valence-electron chi connectivity index (χ3n) is 2.28. The van der Waals surface area contributed by atoms with Gasteiger partial charge in [0.15, 0.2) is 0 Å². The first-order chi connectivity index (χ1) is 7.15. The molecule has 0 bridgehead atoms. The highest BCUT2D eigenvalue weighted by atomic mass is 16.5. The lowest BCUT2D eigenvalue weighted by molar-refractivity contribution is -0.0831. The average molecular weight is 205 g/mol. The molecular weight excluding hydrogens is 186 g/mol. The Labute approximate surface area is 91.8 Å². The summed E-state index contributed by atoms with van der Waals surface area (Å²) in [6.07, 6.45) is 2.84. The minimum atomic E-state index is 0.111. The highest BCUT2D eigenvalue weighted by molar-refractivity contribution is 5.51. The second-order valence-corrected chi connectivity index (χ2v) is 3.84. The van der Waals surface area contributed by atoms with Crippen LogP contribution in [0.5, 0.6) is 0 Å². The van der Waals surface area contributed by atoms with Crippen LogP contribution in [-0.4, -0.2) is 16.3 Å². The van der Waals surface area contributed by atoms with Crippen molar-refractivity contribution in [1.82, 2.24) is 5.06 Å². The molecule has 1 aromatic carbocycles. The van der Waals surface area contributed by atoms with Gasteiger partial charge in [-0.1, -0.05) is 37.3 Å². The summed E-state index contributed by atoms with van der Waals surface area (Å²) in [4.78, 5) is 0. The van der Waals surface area contributed by atoms with Crippen molar-refractivity contribution in [3.8, 4) is 0 Å². The van der Waals surface area contributed by atoms with Crippen molar-refractivity contribution >= 4 is 6.08 Å². The topological polar surface area (TPSA) is 23.5 Å². The van der Waals surface area contributed by atoms with E-state index in [1.54, 1.807) is 0 Å². The lowest BCUT2D eigenvalue weighted by Gasteiger charge is -2.23. The van der Waals surface area contributed by atoms with Crippen molar-refractivity contribution < 1.29 is 5.21 Å². The molecule has 0 heterocycles. The Morgan fingerprint density at radius 2 is 1.93 bits per heavy atom. The van der Waals surface area contributed by atoms with Gasteiger partial charge in [0, 0.05) is 5.70 Å². The van der Waals surface area contributed by atoms with E-state index in [1.165, 1.54) is 5.06 Å². The van der Waals surface area contributed by atoms with Gasteiger partial charge in [-0.15, -0.1) is 0 Å². The predicted molar refractivity (Wildman–Crippen MR) is 63.5 cm³/mol. The molecule has 0 aliphatic heterocycles. The third-order valence-corrected chi connectivity index (χ3v) is 2.28. The van der Waals surface area contributed by atoms with Gasteiger partial charge in [-0.3, -0.25) is 10.3 Å². The molecule has 0 saturated carbocycles. The van der Waals surface area contributed by atoms with Gasteiger partial charge in [-0.25, -0.2) is 0 Å². The van der Waals surface area contributed by atoms with Crippen molar-refractivity contribution in [1.29, 1.82) is 0 Å². The summed E-state index contributed by atoms with van der Waals surface area (Å²) in [6, 6.07) is 10.2. The molecule has 1 N–H and O–H groups in total. The predicted octanol–water partition coefficient (Wildman–Crippen LogP) is 3.54. The Hall–Kier alpha value is -1.28. The molecule has 0 aliphatic rings. The highest BCUT2D eigenvalue weighted by Gasteiger charge is 2.08. The Balaban J connectivity index is 2.87. The van der Waals surface area contributed by atoms with Crippen LogP contribution in [0.1, 0.15) is 32.8 Å². The SMILES string of the molecule is CCC(=Cc1ccccc1)N(O)C(C)C. The lowest BCUT2D eigenvalue weighted by Crippen LogP contribution is -2.25. The van der Waals surface area contributed by atoms with E-state index in [4.69, 9.17) is 0 Å². The van der Waals surface area contributed by atoms with Gasteiger partial charge in [0.25, 0.3) is 0 Å².